The first kappa shape index (κ1) is 20.7. The maximum atomic E-state index is 11.8. The van der Waals surface area contributed by atoms with Crippen LogP contribution in [-0.4, -0.2) is 52.4 Å². The number of likely N-dealkylation sites (tertiary alicyclic amines) is 1. The third kappa shape index (κ3) is 5.18. The Hall–Kier alpha value is -2.18. The van der Waals surface area contributed by atoms with Crippen LogP contribution < -0.4 is 5.32 Å². The standard InChI is InChI=1S/C25H34N4O2/c1-18(30)27-24-11-22-14-28(15-23(22)12-25(24)31-17-19-7-8-19)13-20-5-2-3-6-21(20)16-29-10-4-9-26-29/h2-6,9-10,19,22-25H,7-8,11-17H2,1H3,(H,27,30)/t22-,23+,24-,25-/m1/s1. The second-order valence-corrected chi connectivity index (χ2v) is 9.78. The maximum absolute atomic E-state index is 11.8. The number of hydrogen-bond donors (Lipinski definition) is 1. The molecule has 0 radical (unpaired) electrons. The van der Waals surface area contributed by atoms with Crippen LogP contribution in [0.5, 0.6) is 0 Å². The summed E-state index contributed by atoms with van der Waals surface area (Å²) in [5.41, 5.74) is 2.72. The maximum Gasteiger partial charge on any atom is 0.217 e. The Balaban J connectivity index is 1.23. The largest absolute Gasteiger partial charge is 0.376 e. The lowest BCUT2D eigenvalue weighted by molar-refractivity contribution is -0.122. The fourth-order valence-electron chi connectivity index (χ4n) is 5.46. The zero-order valence-corrected chi connectivity index (χ0v) is 18.5. The number of hydrogen-bond acceptors (Lipinski definition) is 4. The van der Waals surface area contributed by atoms with Gasteiger partial charge in [0.05, 0.1) is 18.7 Å². The van der Waals surface area contributed by atoms with Crippen molar-refractivity contribution in [3.63, 3.8) is 0 Å². The molecule has 166 valence electrons. The van der Waals surface area contributed by atoms with Crippen LogP contribution in [0.4, 0.5) is 0 Å². The minimum Gasteiger partial charge on any atom is -0.376 e. The van der Waals surface area contributed by atoms with Gasteiger partial charge >= 0.3 is 0 Å². The van der Waals surface area contributed by atoms with Gasteiger partial charge in [-0.15, -0.1) is 0 Å². The molecule has 2 saturated carbocycles. The highest BCUT2D eigenvalue weighted by molar-refractivity contribution is 5.73. The lowest BCUT2D eigenvalue weighted by atomic mass is 9.77. The lowest BCUT2D eigenvalue weighted by Gasteiger charge is -2.38. The Kier molecular flexibility index (Phi) is 6.10. The van der Waals surface area contributed by atoms with Crippen LogP contribution in [0.1, 0.15) is 43.7 Å². The van der Waals surface area contributed by atoms with E-state index in [0.717, 1.165) is 51.5 Å². The molecule has 2 aromatic rings. The molecular weight excluding hydrogens is 388 g/mol. The number of carbonyl (C=O) groups is 1. The Bertz CT molecular complexity index is 879. The number of rotatable bonds is 8. The van der Waals surface area contributed by atoms with Crippen molar-refractivity contribution in [3.05, 3.63) is 53.9 Å². The molecule has 4 atom stereocenters. The molecule has 1 amide bonds. The highest BCUT2D eigenvalue weighted by Crippen LogP contribution is 2.39. The van der Waals surface area contributed by atoms with Crippen molar-refractivity contribution in [3.8, 4) is 0 Å². The SMILES string of the molecule is CC(=O)N[C@@H]1C[C@@H]2CN(Cc3ccccc3Cn3cccn3)C[C@@H]2C[C@H]1OCC1CC1. The van der Waals surface area contributed by atoms with Crippen LogP contribution in [-0.2, 0) is 22.6 Å². The van der Waals surface area contributed by atoms with E-state index in [1.54, 1.807) is 6.92 Å². The minimum atomic E-state index is 0.0610. The highest BCUT2D eigenvalue weighted by Gasteiger charge is 2.43. The van der Waals surface area contributed by atoms with Crippen molar-refractivity contribution in [2.24, 2.45) is 17.8 Å². The molecule has 3 fully saturated rings. The molecular formula is C25H34N4O2. The number of nitrogens with one attached hydrogen (secondary N) is 1. The van der Waals surface area contributed by atoms with Crippen molar-refractivity contribution in [1.82, 2.24) is 20.0 Å². The third-order valence-corrected chi connectivity index (χ3v) is 7.23. The summed E-state index contributed by atoms with van der Waals surface area (Å²) < 4.78 is 8.31. The van der Waals surface area contributed by atoms with Gasteiger partial charge in [0.25, 0.3) is 0 Å². The predicted molar refractivity (Wildman–Crippen MR) is 119 cm³/mol. The molecule has 1 aromatic heterocycles. The van der Waals surface area contributed by atoms with Crippen LogP contribution in [0.3, 0.4) is 0 Å². The molecule has 2 aliphatic carbocycles. The van der Waals surface area contributed by atoms with Gasteiger partial charge in [0.2, 0.25) is 5.91 Å². The van der Waals surface area contributed by atoms with E-state index >= 15 is 0 Å². The van der Waals surface area contributed by atoms with E-state index in [1.165, 1.54) is 24.0 Å². The quantitative estimate of drug-likeness (QED) is 0.710. The van der Waals surface area contributed by atoms with E-state index < -0.39 is 0 Å². The number of ether oxygens (including phenoxy) is 1. The van der Waals surface area contributed by atoms with Gasteiger partial charge in [-0.2, -0.15) is 5.10 Å². The van der Waals surface area contributed by atoms with Crippen molar-refractivity contribution in [2.75, 3.05) is 19.7 Å². The summed E-state index contributed by atoms with van der Waals surface area (Å²) in [5.74, 6) is 2.11. The monoisotopic (exact) mass is 422 g/mol. The zero-order valence-electron chi connectivity index (χ0n) is 18.5. The fourth-order valence-corrected chi connectivity index (χ4v) is 5.46. The summed E-state index contributed by atoms with van der Waals surface area (Å²) in [6.07, 6.45) is 8.72. The molecule has 5 rings (SSSR count). The first-order valence-electron chi connectivity index (χ1n) is 11.8. The van der Waals surface area contributed by atoms with Gasteiger partial charge in [-0.3, -0.25) is 14.4 Å². The number of fused-ring (bicyclic) bond motifs is 1. The average Bonchev–Trinajstić information content (AvgIpc) is 3.27. The second kappa shape index (κ2) is 9.13. The Morgan fingerprint density at radius 2 is 1.84 bits per heavy atom. The zero-order chi connectivity index (χ0) is 21.2. The Labute approximate surface area is 185 Å². The van der Waals surface area contributed by atoms with Crippen LogP contribution in [0, 0.1) is 17.8 Å². The summed E-state index contributed by atoms with van der Waals surface area (Å²) in [6.45, 7) is 6.50. The van der Waals surface area contributed by atoms with Gasteiger partial charge in [-0.05, 0) is 60.6 Å². The molecule has 6 heteroatoms. The first-order valence-corrected chi connectivity index (χ1v) is 11.8. The highest BCUT2D eigenvalue weighted by atomic mass is 16.5. The van der Waals surface area contributed by atoms with E-state index in [1.807, 2.05) is 23.1 Å². The number of carbonyl (C=O) groups excluding carboxylic acids is 1. The Morgan fingerprint density at radius 1 is 1.10 bits per heavy atom. The predicted octanol–water partition coefficient (Wildman–Crippen LogP) is 3.07. The van der Waals surface area contributed by atoms with Crippen LogP contribution >= 0.6 is 0 Å². The van der Waals surface area contributed by atoms with Gasteiger partial charge in [0.15, 0.2) is 0 Å². The number of amides is 1. The van der Waals surface area contributed by atoms with Crippen LogP contribution in [0.2, 0.25) is 0 Å². The van der Waals surface area contributed by atoms with E-state index in [2.05, 4.69) is 39.6 Å². The number of nitrogens with zero attached hydrogens (tertiary/aromatic N) is 3. The summed E-state index contributed by atoms with van der Waals surface area (Å²) in [6, 6.07) is 10.9. The lowest BCUT2D eigenvalue weighted by Crippen LogP contribution is -2.50. The smallest absolute Gasteiger partial charge is 0.217 e. The molecule has 0 spiro atoms. The molecule has 1 aliphatic heterocycles. The third-order valence-electron chi connectivity index (χ3n) is 7.23. The van der Waals surface area contributed by atoms with Crippen LogP contribution in [0.25, 0.3) is 0 Å². The van der Waals surface area contributed by atoms with Gasteiger partial charge < -0.3 is 10.1 Å². The first-order chi connectivity index (χ1) is 15.1. The van der Waals surface area contributed by atoms with Crippen molar-refractivity contribution >= 4 is 5.91 Å². The van der Waals surface area contributed by atoms with E-state index in [4.69, 9.17) is 4.74 Å². The molecule has 1 N–H and O–H groups in total. The molecule has 3 aliphatic rings. The number of benzene rings is 1. The molecule has 0 bridgehead atoms. The average molecular weight is 423 g/mol. The van der Waals surface area contributed by atoms with E-state index in [-0.39, 0.29) is 18.1 Å². The summed E-state index contributed by atoms with van der Waals surface area (Å²) in [5, 5.41) is 7.57. The van der Waals surface area contributed by atoms with Gasteiger partial charge in [0, 0.05) is 45.6 Å². The summed E-state index contributed by atoms with van der Waals surface area (Å²) >= 11 is 0. The van der Waals surface area contributed by atoms with Gasteiger partial charge in [-0.25, -0.2) is 0 Å². The molecule has 31 heavy (non-hydrogen) atoms. The molecule has 1 aromatic carbocycles. The van der Waals surface area contributed by atoms with E-state index in [9.17, 15) is 4.79 Å². The second-order valence-electron chi connectivity index (χ2n) is 9.78. The summed E-state index contributed by atoms with van der Waals surface area (Å²) in [4.78, 5) is 14.4. The Morgan fingerprint density at radius 3 is 2.52 bits per heavy atom. The molecule has 2 heterocycles. The molecule has 6 nitrogen and oxygen atoms in total. The fraction of sp³-hybridized carbons (Fsp3) is 0.600. The molecule has 0 unspecified atom stereocenters. The summed E-state index contributed by atoms with van der Waals surface area (Å²) in [7, 11) is 0. The van der Waals surface area contributed by atoms with Gasteiger partial charge in [0.1, 0.15) is 0 Å². The van der Waals surface area contributed by atoms with Gasteiger partial charge in [-0.1, -0.05) is 24.3 Å². The van der Waals surface area contributed by atoms with Crippen molar-refractivity contribution < 1.29 is 9.53 Å². The normalized spacial score (nSPS) is 28.4. The van der Waals surface area contributed by atoms with Crippen molar-refractivity contribution in [2.45, 2.75) is 57.8 Å². The number of aromatic nitrogens is 2. The van der Waals surface area contributed by atoms with Crippen molar-refractivity contribution in [1.29, 1.82) is 0 Å². The van der Waals surface area contributed by atoms with Crippen LogP contribution in [0.15, 0.2) is 42.7 Å². The molecule has 1 saturated heterocycles. The van der Waals surface area contributed by atoms with E-state index in [0.29, 0.717) is 11.8 Å². The minimum absolute atomic E-state index is 0.0610. The topological polar surface area (TPSA) is 59.4 Å².